The molecule has 0 aliphatic rings. The maximum absolute atomic E-state index is 7.28. The molecule has 3 aromatic heterocycles. The second kappa shape index (κ2) is 17.4. The molecule has 3 heterocycles. The van der Waals surface area contributed by atoms with Gasteiger partial charge in [0.15, 0.2) is 11.2 Å². The van der Waals surface area contributed by atoms with Crippen LogP contribution in [0.3, 0.4) is 0 Å². The minimum absolute atomic E-state index is 0.818. The zero-order valence-corrected chi connectivity index (χ0v) is 43.1. The minimum Gasteiger partial charge on any atom is -0.455 e. The lowest BCUT2D eigenvalue weighted by molar-refractivity contribution is 0.670. The van der Waals surface area contributed by atoms with E-state index in [9.17, 15) is 0 Å². The number of hydrogen-bond acceptors (Lipinski definition) is 5. The highest BCUT2D eigenvalue weighted by atomic mass is 16.3. The second-order valence-electron chi connectivity index (χ2n) is 20.6. The van der Waals surface area contributed by atoms with E-state index in [1.807, 2.05) is 0 Å². The van der Waals surface area contributed by atoms with Crippen molar-refractivity contribution in [1.29, 1.82) is 0 Å². The maximum atomic E-state index is 7.28. The summed E-state index contributed by atoms with van der Waals surface area (Å²) in [7, 11) is 0. The molecule has 0 N–H and O–H groups in total. The van der Waals surface area contributed by atoms with E-state index in [1.165, 1.54) is 22.3 Å². The smallest absolute Gasteiger partial charge is 0.159 e. The van der Waals surface area contributed by atoms with Gasteiger partial charge in [0.2, 0.25) is 0 Å². The summed E-state index contributed by atoms with van der Waals surface area (Å²) in [4.78, 5) is 4.76. The van der Waals surface area contributed by atoms with Crippen LogP contribution in [0.2, 0.25) is 0 Å². The molecule has 15 aromatic rings. The third kappa shape index (κ3) is 6.94. The summed E-state index contributed by atoms with van der Waals surface area (Å²) in [6, 6.07) is 82.8. The zero-order chi connectivity index (χ0) is 51.5. The van der Waals surface area contributed by atoms with Gasteiger partial charge in [-0.3, -0.25) is 0 Å². The SMILES string of the molecule is Cc1ccc(N(c2cc3c4cc(N(c5ccc(C)cc5)c5cccc6c5oc5c(-c7ccccc7C)cccc56)c5ccccc5c4oc3c3ccccc23)c2cccc3c2oc2c(-c4ccccc4C)cccc23)cc1. The molecule has 15 rings (SSSR count). The first-order chi connectivity index (χ1) is 37.9. The van der Waals surface area contributed by atoms with Gasteiger partial charge in [0, 0.05) is 76.4 Å². The number of anilines is 6. The Bertz CT molecular complexity index is 4560. The lowest BCUT2D eigenvalue weighted by Crippen LogP contribution is -2.11. The number of benzene rings is 12. The van der Waals surface area contributed by atoms with Crippen molar-refractivity contribution in [2.75, 3.05) is 9.80 Å². The predicted molar refractivity (Wildman–Crippen MR) is 322 cm³/mol. The number of nitrogens with zero attached hydrogens (tertiary/aromatic N) is 2. The lowest BCUT2D eigenvalue weighted by Gasteiger charge is -2.27. The highest BCUT2D eigenvalue weighted by Gasteiger charge is 2.28. The average Bonchev–Trinajstić information content (AvgIpc) is 4.18. The molecule has 0 atom stereocenters. The molecule has 0 unspecified atom stereocenters. The molecule has 0 aliphatic carbocycles. The quantitative estimate of drug-likeness (QED) is 0.152. The van der Waals surface area contributed by atoms with Crippen molar-refractivity contribution in [2.24, 2.45) is 0 Å². The number of rotatable bonds is 8. The van der Waals surface area contributed by atoms with E-state index in [4.69, 9.17) is 13.3 Å². The summed E-state index contributed by atoms with van der Waals surface area (Å²) < 4.78 is 21.7. The zero-order valence-electron chi connectivity index (χ0n) is 43.1. The normalized spacial score (nSPS) is 11.9. The molecular weight excluding hydrogens is 941 g/mol. The summed E-state index contributed by atoms with van der Waals surface area (Å²) >= 11 is 0. The Morgan fingerprint density at radius 3 is 0.961 bits per heavy atom. The van der Waals surface area contributed by atoms with Gasteiger partial charge in [-0.2, -0.15) is 0 Å². The predicted octanol–water partition coefficient (Wildman–Crippen LogP) is 21.2. The van der Waals surface area contributed by atoms with Crippen LogP contribution in [0.4, 0.5) is 34.1 Å². The van der Waals surface area contributed by atoms with Crippen LogP contribution < -0.4 is 9.80 Å². The van der Waals surface area contributed by atoms with E-state index >= 15 is 0 Å². The second-order valence-corrected chi connectivity index (χ2v) is 20.6. The first kappa shape index (κ1) is 44.6. The topological polar surface area (TPSA) is 45.9 Å². The minimum atomic E-state index is 0.818. The van der Waals surface area contributed by atoms with Gasteiger partial charge in [0.05, 0.1) is 22.7 Å². The van der Waals surface area contributed by atoms with Crippen molar-refractivity contribution < 1.29 is 13.3 Å². The van der Waals surface area contributed by atoms with Crippen molar-refractivity contribution in [3.8, 4) is 22.3 Å². The van der Waals surface area contributed by atoms with Crippen molar-refractivity contribution >= 4 is 121 Å². The molecule has 0 amide bonds. The molecular formula is C72H50N2O3. The Labute approximate surface area is 445 Å². The van der Waals surface area contributed by atoms with Crippen LogP contribution in [0.1, 0.15) is 22.3 Å². The molecule has 0 bridgehead atoms. The molecule has 0 spiro atoms. The Morgan fingerprint density at radius 1 is 0.234 bits per heavy atom. The summed E-state index contributed by atoms with van der Waals surface area (Å²) in [5.41, 5.74) is 20.2. The van der Waals surface area contributed by atoms with Crippen molar-refractivity contribution in [3.05, 3.63) is 253 Å². The van der Waals surface area contributed by atoms with Gasteiger partial charge in [-0.1, -0.05) is 193 Å². The maximum Gasteiger partial charge on any atom is 0.159 e. The Kier molecular flexibility index (Phi) is 10.1. The average molecular weight is 991 g/mol. The first-order valence-corrected chi connectivity index (χ1v) is 26.4. The fraction of sp³-hybridized carbons (Fsp3) is 0.0556. The van der Waals surface area contributed by atoms with Crippen LogP contribution in [-0.4, -0.2) is 0 Å². The molecule has 0 aliphatic heterocycles. The highest BCUT2D eigenvalue weighted by molar-refractivity contribution is 6.26. The molecule has 0 saturated carbocycles. The van der Waals surface area contributed by atoms with Crippen molar-refractivity contribution in [2.45, 2.75) is 27.7 Å². The van der Waals surface area contributed by atoms with Gasteiger partial charge in [-0.25, -0.2) is 0 Å². The largest absolute Gasteiger partial charge is 0.455 e. The van der Waals surface area contributed by atoms with Crippen LogP contribution in [-0.2, 0) is 0 Å². The van der Waals surface area contributed by atoms with E-state index in [-0.39, 0.29) is 0 Å². The lowest BCUT2D eigenvalue weighted by atomic mass is 9.98. The standard InChI is InChI=1S/C72H50N2O3/c1-43-33-37-47(38-34-43)73(63-31-15-29-59-57-27-13-25-53(67(57)76-71(59)63)49-19-7-5-17-45(49)3)65-41-61-62-42-66(52-22-10-12-24-56(52)70(62)75-69(61)55-23-11-9-21-51(55)65)74(48-39-35-44(2)36-40-48)64-32-16-30-60-58-28-14-26-54(68(58)77-72(60)64)50-20-8-6-18-46(50)4/h5-42H,1-4H3. The van der Waals surface area contributed by atoms with E-state index < -0.39 is 0 Å². The van der Waals surface area contributed by atoms with Gasteiger partial charge in [0.25, 0.3) is 0 Å². The molecule has 5 nitrogen and oxygen atoms in total. The fourth-order valence-electron chi connectivity index (χ4n) is 12.1. The van der Waals surface area contributed by atoms with Gasteiger partial charge in [-0.05, 0) is 98.5 Å². The Hall–Kier alpha value is -9.84. The summed E-state index contributed by atoms with van der Waals surface area (Å²) in [6.07, 6.45) is 0. The van der Waals surface area contributed by atoms with Crippen LogP contribution in [0, 0.1) is 27.7 Å². The van der Waals surface area contributed by atoms with Crippen LogP contribution in [0.15, 0.2) is 244 Å². The van der Waals surface area contributed by atoms with Gasteiger partial charge < -0.3 is 23.1 Å². The molecule has 77 heavy (non-hydrogen) atoms. The molecule has 0 radical (unpaired) electrons. The molecule has 12 aromatic carbocycles. The van der Waals surface area contributed by atoms with Crippen molar-refractivity contribution in [1.82, 2.24) is 0 Å². The number of hydrogen-bond donors (Lipinski definition) is 0. The van der Waals surface area contributed by atoms with E-state index in [0.29, 0.717) is 0 Å². The molecule has 0 fully saturated rings. The number of furan rings is 3. The molecule has 366 valence electrons. The van der Waals surface area contributed by atoms with Gasteiger partial charge >= 0.3 is 0 Å². The molecule has 0 saturated heterocycles. The van der Waals surface area contributed by atoms with Gasteiger partial charge in [-0.15, -0.1) is 0 Å². The molecule has 5 heteroatoms. The summed E-state index contributed by atoms with van der Waals surface area (Å²) in [6.45, 7) is 8.60. The van der Waals surface area contributed by atoms with Crippen LogP contribution in [0.5, 0.6) is 0 Å². The monoisotopic (exact) mass is 990 g/mol. The summed E-state index contributed by atoms with van der Waals surface area (Å²) in [5, 5.41) is 10.4. The van der Waals surface area contributed by atoms with Crippen LogP contribution in [0.25, 0.3) is 110 Å². The van der Waals surface area contributed by atoms with E-state index in [0.717, 1.165) is 144 Å². The third-order valence-corrected chi connectivity index (χ3v) is 15.9. The Morgan fingerprint density at radius 2 is 0.545 bits per heavy atom. The first-order valence-electron chi connectivity index (χ1n) is 26.4. The Balaban J connectivity index is 1.01. The summed E-state index contributed by atoms with van der Waals surface area (Å²) in [5.74, 6) is 0. The highest BCUT2D eigenvalue weighted by Crippen LogP contribution is 2.52. The number of para-hydroxylation sites is 4. The van der Waals surface area contributed by atoms with Gasteiger partial charge in [0.1, 0.15) is 22.3 Å². The van der Waals surface area contributed by atoms with E-state index in [1.54, 1.807) is 0 Å². The fourth-order valence-corrected chi connectivity index (χ4v) is 12.1. The number of fused-ring (bicyclic) bond motifs is 13. The van der Waals surface area contributed by atoms with Crippen LogP contribution >= 0.6 is 0 Å². The number of aryl methyl sites for hydroxylation is 4. The van der Waals surface area contributed by atoms with E-state index in [2.05, 4.69) is 268 Å². The van der Waals surface area contributed by atoms with Crippen molar-refractivity contribution in [3.63, 3.8) is 0 Å². The third-order valence-electron chi connectivity index (χ3n) is 15.9.